The largest absolute Gasteiger partial charge is 0.464 e. The van der Waals surface area contributed by atoms with Crippen LogP contribution in [0.15, 0.2) is 12.0 Å². The molecule has 0 radical (unpaired) electrons. The lowest BCUT2D eigenvalue weighted by atomic mass is 10.3. The molecule has 0 amide bonds. The summed E-state index contributed by atoms with van der Waals surface area (Å²) >= 11 is 0. The molecule has 0 aliphatic rings. The van der Waals surface area contributed by atoms with Gasteiger partial charge in [0.1, 0.15) is 6.61 Å². The summed E-state index contributed by atoms with van der Waals surface area (Å²) in [6, 6.07) is 0. The molecule has 0 aromatic rings. The topological polar surface area (TPSA) is 72.5 Å². The highest BCUT2D eigenvalue weighted by atomic mass is 32.2. The minimum Gasteiger partial charge on any atom is -0.464 e. The first-order valence-corrected chi connectivity index (χ1v) is 5.84. The maximum Gasteiger partial charge on any atom is 0.305 e. The predicted molar refractivity (Wildman–Crippen MR) is 53.0 cm³/mol. The predicted octanol–water partition coefficient (Wildman–Crippen LogP) is 0.393. The van der Waals surface area contributed by atoms with E-state index in [2.05, 4.69) is 11.3 Å². The maximum atomic E-state index is 10.8. The van der Waals surface area contributed by atoms with Crippen molar-refractivity contribution in [2.24, 2.45) is 0 Å². The molecule has 0 aromatic carbocycles. The molecule has 0 unspecified atom stereocenters. The van der Waals surface area contributed by atoms with Gasteiger partial charge in [0, 0.05) is 18.4 Å². The Morgan fingerprint density at radius 1 is 1.57 bits per heavy atom. The summed E-state index contributed by atoms with van der Waals surface area (Å²) in [6.07, 6.45) is 1.07. The average Bonchev–Trinajstić information content (AvgIpc) is 2.13. The molecule has 0 atom stereocenters. The van der Waals surface area contributed by atoms with Crippen molar-refractivity contribution in [3.63, 3.8) is 0 Å². The van der Waals surface area contributed by atoms with E-state index in [0.717, 1.165) is 11.8 Å². The zero-order valence-corrected chi connectivity index (χ0v) is 8.97. The third-order valence-electron chi connectivity index (χ3n) is 1.34. The number of ether oxygens (including phenoxy) is 1. The Morgan fingerprint density at radius 3 is 2.71 bits per heavy atom. The molecule has 0 spiro atoms. The Balaban J connectivity index is 3.57. The minimum absolute atomic E-state index is 0.0475. The Labute approximate surface area is 84.2 Å². The first-order chi connectivity index (χ1) is 6.52. The van der Waals surface area contributed by atoms with Crippen LogP contribution in [-0.2, 0) is 19.6 Å². The van der Waals surface area contributed by atoms with E-state index in [4.69, 9.17) is 4.74 Å². The van der Waals surface area contributed by atoms with E-state index in [0.29, 0.717) is 6.42 Å². The minimum atomic E-state index is -3.41. The van der Waals surface area contributed by atoms with Crippen molar-refractivity contribution < 1.29 is 17.9 Å². The lowest BCUT2D eigenvalue weighted by Gasteiger charge is -2.04. The summed E-state index contributed by atoms with van der Waals surface area (Å²) in [7, 11) is -3.41. The number of hydrogen-bond acceptors (Lipinski definition) is 4. The van der Waals surface area contributed by atoms with Crippen LogP contribution in [0.1, 0.15) is 19.8 Å². The number of carbonyl (C=O) groups is 1. The highest BCUT2D eigenvalue weighted by Crippen LogP contribution is 1.90. The number of esters is 1. The molecule has 0 aliphatic carbocycles. The normalized spacial score (nSPS) is 10.9. The highest BCUT2D eigenvalue weighted by molar-refractivity contribution is 7.92. The smallest absolute Gasteiger partial charge is 0.305 e. The van der Waals surface area contributed by atoms with Crippen LogP contribution in [0.5, 0.6) is 0 Å². The van der Waals surface area contributed by atoms with Gasteiger partial charge >= 0.3 is 5.97 Å². The molecule has 0 rings (SSSR count). The van der Waals surface area contributed by atoms with Crippen LogP contribution >= 0.6 is 0 Å². The number of sulfonamides is 1. The van der Waals surface area contributed by atoms with E-state index >= 15 is 0 Å². The van der Waals surface area contributed by atoms with Crippen molar-refractivity contribution in [2.75, 3.05) is 13.2 Å². The summed E-state index contributed by atoms with van der Waals surface area (Å²) < 4.78 is 28.5. The van der Waals surface area contributed by atoms with Crippen molar-refractivity contribution in [1.82, 2.24) is 4.72 Å². The van der Waals surface area contributed by atoms with Crippen LogP contribution in [0.4, 0.5) is 0 Å². The standard InChI is InChI=1S/C8H15NO4S/c1-3-5-8(10)13-7-6-9-14(11,12)4-2/h4,9H,2-3,5-7H2,1H3. The molecule has 0 fully saturated rings. The van der Waals surface area contributed by atoms with Gasteiger partial charge in [-0.15, -0.1) is 0 Å². The second-order valence-electron chi connectivity index (χ2n) is 2.58. The molecule has 14 heavy (non-hydrogen) atoms. The van der Waals surface area contributed by atoms with E-state index in [1.54, 1.807) is 0 Å². The molecule has 0 saturated heterocycles. The molecule has 1 N–H and O–H groups in total. The van der Waals surface area contributed by atoms with Gasteiger partial charge in [-0.1, -0.05) is 13.5 Å². The van der Waals surface area contributed by atoms with Crippen molar-refractivity contribution >= 4 is 16.0 Å². The van der Waals surface area contributed by atoms with E-state index < -0.39 is 10.0 Å². The molecular weight excluding hydrogens is 206 g/mol. The second-order valence-corrected chi connectivity index (χ2v) is 4.29. The van der Waals surface area contributed by atoms with Gasteiger partial charge in [-0.05, 0) is 6.42 Å². The first kappa shape index (κ1) is 13.1. The Hall–Kier alpha value is -0.880. The van der Waals surface area contributed by atoms with Gasteiger partial charge in [0.05, 0.1) is 0 Å². The van der Waals surface area contributed by atoms with Gasteiger partial charge in [-0.3, -0.25) is 4.79 Å². The van der Waals surface area contributed by atoms with Gasteiger partial charge < -0.3 is 4.74 Å². The Bertz CT molecular complexity index is 284. The number of hydrogen-bond donors (Lipinski definition) is 1. The van der Waals surface area contributed by atoms with Crippen molar-refractivity contribution in [1.29, 1.82) is 0 Å². The summed E-state index contributed by atoms with van der Waals surface area (Å²) in [6.45, 7) is 5.10. The summed E-state index contributed by atoms with van der Waals surface area (Å²) in [4.78, 5) is 10.8. The van der Waals surface area contributed by atoms with Gasteiger partial charge in [0.2, 0.25) is 10.0 Å². The monoisotopic (exact) mass is 221 g/mol. The lowest BCUT2D eigenvalue weighted by molar-refractivity contribution is -0.143. The van der Waals surface area contributed by atoms with E-state index in [-0.39, 0.29) is 19.1 Å². The molecule has 0 bridgehead atoms. The quantitative estimate of drug-likeness (QED) is 0.498. The maximum absolute atomic E-state index is 10.8. The molecule has 82 valence electrons. The van der Waals surface area contributed by atoms with Crippen molar-refractivity contribution in [3.8, 4) is 0 Å². The number of nitrogens with one attached hydrogen (secondary N) is 1. The first-order valence-electron chi connectivity index (χ1n) is 4.29. The number of rotatable bonds is 7. The molecule has 0 aliphatic heterocycles. The fraction of sp³-hybridized carbons (Fsp3) is 0.625. The summed E-state index contributed by atoms with van der Waals surface area (Å²) in [5.41, 5.74) is 0. The molecule has 0 aromatic heterocycles. The van der Waals surface area contributed by atoms with Gasteiger partial charge in [0.25, 0.3) is 0 Å². The van der Waals surface area contributed by atoms with Gasteiger partial charge in [-0.25, -0.2) is 13.1 Å². The molecular formula is C8H15NO4S. The zero-order chi connectivity index (χ0) is 11.0. The Kier molecular flexibility index (Phi) is 6.14. The van der Waals surface area contributed by atoms with E-state index in [1.807, 2.05) is 6.92 Å². The molecule has 5 nitrogen and oxygen atoms in total. The van der Waals surface area contributed by atoms with Crippen LogP contribution in [-0.4, -0.2) is 27.5 Å². The van der Waals surface area contributed by atoms with Crippen LogP contribution < -0.4 is 4.72 Å². The molecule has 6 heteroatoms. The summed E-state index contributed by atoms with van der Waals surface area (Å²) in [5.74, 6) is -0.315. The van der Waals surface area contributed by atoms with Crippen LogP contribution in [0.25, 0.3) is 0 Å². The van der Waals surface area contributed by atoms with Crippen molar-refractivity contribution in [2.45, 2.75) is 19.8 Å². The van der Waals surface area contributed by atoms with Crippen LogP contribution in [0.2, 0.25) is 0 Å². The van der Waals surface area contributed by atoms with E-state index in [9.17, 15) is 13.2 Å². The fourth-order valence-corrected chi connectivity index (χ4v) is 1.17. The average molecular weight is 221 g/mol. The third kappa shape index (κ3) is 6.62. The zero-order valence-electron chi connectivity index (χ0n) is 8.15. The van der Waals surface area contributed by atoms with E-state index in [1.165, 1.54) is 0 Å². The fourth-order valence-electron chi connectivity index (χ4n) is 0.684. The lowest BCUT2D eigenvalue weighted by Crippen LogP contribution is -2.26. The Morgan fingerprint density at radius 2 is 2.21 bits per heavy atom. The van der Waals surface area contributed by atoms with Gasteiger partial charge in [-0.2, -0.15) is 0 Å². The molecule has 0 heterocycles. The number of carbonyl (C=O) groups excluding carboxylic acids is 1. The van der Waals surface area contributed by atoms with Crippen LogP contribution in [0.3, 0.4) is 0 Å². The van der Waals surface area contributed by atoms with Crippen molar-refractivity contribution in [3.05, 3.63) is 12.0 Å². The van der Waals surface area contributed by atoms with Gasteiger partial charge in [0.15, 0.2) is 0 Å². The second kappa shape index (κ2) is 6.56. The summed E-state index contributed by atoms with van der Waals surface area (Å²) in [5, 5.41) is 0.806. The molecule has 0 saturated carbocycles. The SMILES string of the molecule is C=CS(=O)(=O)NCCOC(=O)CCC. The van der Waals surface area contributed by atoms with Crippen LogP contribution in [0, 0.1) is 0 Å². The highest BCUT2D eigenvalue weighted by Gasteiger charge is 2.04. The third-order valence-corrected chi connectivity index (χ3v) is 2.39.